The first-order chi connectivity index (χ1) is 13.7. The standard InChI is InChI=1S/C21H30N4O4S/c1-14(26)23-17-24-25(16(27)19(2,3)4)21(30-17,15-11-9-8-10-12-15)13-22-18(28)29-20(5,6)7/h8-12H,13H2,1-7H3,(H,22,28)(H,23,24,26). The first-order valence-electron chi connectivity index (χ1n) is 9.67. The first-order valence-corrected chi connectivity index (χ1v) is 10.5. The van der Waals surface area contributed by atoms with E-state index < -0.39 is 22.0 Å². The van der Waals surface area contributed by atoms with Crippen molar-refractivity contribution in [2.45, 2.75) is 58.9 Å². The molecule has 0 aromatic heterocycles. The zero-order valence-corrected chi connectivity index (χ0v) is 19.3. The molecule has 164 valence electrons. The van der Waals surface area contributed by atoms with Gasteiger partial charge in [0.2, 0.25) is 11.8 Å². The SMILES string of the molecule is CC(=O)NC1=NN(C(=O)C(C)(C)C)C(CNC(=O)OC(C)(C)C)(c2ccccc2)S1. The number of hydrogen-bond acceptors (Lipinski definition) is 6. The lowest BCUT2D eigenvalue weighted by atomic mass is 9.93. The Bertz CT molecular complexity index is 843. The summed E-state index contributed by atoms with van der Waals surface area (Å²) in [5.74, 6) is -0.543. The number of nitrogens with one attached hydrogen (secondary N) is 2. The van der Waals surface area contributed by atoms with Crippen molar-refractivity contribution in [1.82, 2.24) is 15.6 Å². The Balaban J connectivity index is 2.48. The van der Waals surface area contributed by atoms with E-state index in [9.17, 15) is 14.4 Å². The molecule has 0 spiro atoms. The summed E-state index contributed by atoms with van der Waals surface area (Å²) in [4.78, 5) is 36.2. The van der Waals surface area contributed by atoms with E-state index in [0.717, 1.165) is 5.56 Å². The number of thioether (sulfide) groups is 1. The fraction of sp³-hybridized carbons (Fsp3) is 0.524. The molecule has 0 fully saturated rings. The van der Waals surface area contributed by atoms with Crippen LogP contribution < -0.4 is 10.6 Å². The van der Waals surface area contributed by atoms with E-state index in [1.807, 2.05) is 30.3 Å². The van der Waals surface area contributed by atoms with Gasteiger partial charge >= 0.3 is 6.09 Å². The van der Waals surface area contributed by atoms with Gasteiger partial charge in [0.1, 0.15) is 5.60 Å². The van der Waals surface area contributed by atoms with Crippen LogP contribution >= 0.6 is 11.8 Å². The number of amides is 3. The molecule has 0 bridgehead atoms. The molecule has 1 heterocycles. The molecular formula is C21H30N4O4S. The molecule has 8 nitrogen and oxygen atoms in total. The van der Waals surface area contributed by atoms with Crippen LogP contribution in [0.3, 0.4) is 0 Å². The van der Waals surface area contributed by atoms with Gasteiger partial charge in [-0.1, -0.05) is 51.1 Å². The predicted molar refractivity (Wildman–Crippen MR) is 118 cm³/mol. The molecule has 0 radical (unpaired) electrons. The number of hydrazone groups is 1. The van der Waals surface area contributed by atoms with Crippen molar-refractivity contribution in [3.05, 3.63) is 35.9 Å². The van der Waals surface area contributed by atoms with Gasteiger partial charge in [-0.25, -0.2) is 9.80 Å². The van der Waals surface area contributed by atoms with E-state index >= 15 is 0 Å². The normalized spacial score (nSPS) is 19.2. The molecule has 1 atom stereocenters. The van der Waals surface area contributed by atoms with E-state index in [-0.39, 0.29) is 23.5 Å². The summed E-state index contributed by atoms with van der Waals surface area (Å²) in [5.41, 5.74) is -0.638. The van der Waals surface area contributed by atoms with Crippen LogP contribution in [0.25, 0.3) is 0 Å². The average Bonchev–Trinajstić information content (AvgIpc) is 2.96. The Labute approximate surface area is 181 Å². The number of carbonyl (C=O) groups is 3. The third-order valence-corrected chi connectivity index (χ3v) is 5.28. The summed E-state index contributed by atoms with van der Waals surface area (Å²) in [6, 6.07) is 9.28. The van der Waals surface area contributed by atoms with Crippen LogP contribution in [0.1, 0.15) is 54.0 Å². The Hall–Kier alpha value is -2.55. The van der Waals surface area contributed by atoms with Gasteiger partial charge < -0.3 is 15.4 Å². The quantitative estimate of drug-likeness (QED) is 0.760. The fourth-order valence-corrected chi connectivity index (χ4v) is 3.97. The van der Waals surface area contributed by atoms with Gasteiger partial charge in [0, 0.05) is 12.3 Å². The molecule has 9 heteroatoms. The Morgan fingerprint density at radius 1 is 1.10 bits per heavy atom. The molecule has 2 rings (SSSR count). The zero-order chi connectivity index (χ0) is 22.7. The summed E-state index contributed by atoms with van der Waals surface area (Å²) in [6.45, 7) is 12.1. The molecule has 2 N–H and O–H groups in total. The van der Waals surface area contributed by atoms with Gasteiger partial charge in [0.25, 0.3) is 0 Å². The molecule has 1 unspecified atom stereocenters. The van der Waals surface area contributed by atoms with Gasteiger partial charge in [-0.15, -0.1) is 5.10 Å². The second-order valence-corrected chi connectivity index (χ2v) is 10.3. The van der Waals surface area contributed by atoms with Crippen molar-refractivity contribution < 1.29 is 19.1 Å². The lowest BCUT2D eigenvalue weighted by Gasteiger charge is -2.38. The van der Waals surface area contributed by atoms with Crippen LogP contribution in [0, 0.1) is 5.41 Å². The lowest BCUT2D eigenvalue weighted by Crippen LogP contribution is -2.52. The number of hydrogen-bond donors (Lipinski definition) is 2. The van der Waals surface area contributed by atoms with Crippen molar-refractivity contribution in [3.8, 4) is 0 Å². The maximum Gasteiger partial charge on any atom is 0.407 e. The Morgan fingerprint density at radius 2 is 1.70 bits per heavy atom. The van der Waals surface area contributed by atoms with Crippen molar-refractivity contribution in [2.24, 2.45) is 10.5 Å². The highest BCUT2D eigenvalue weighted by molar-refractivity contribution is 8.14. The van der Waals surface area contributed by atoms with Crippen molar-refractivity contribution in [2.75, 3.05) is 6.54 Å². The van der Waals surface area contributed by atoms with E-state index in [4.69, 9.17) is 4.74 Å². The van der Waals surface area contributed by atoms with Gasteiger partial charge in [-0.2, -0.15) is 0 Å². The number of nitrogens with zero attached hydrogens (tertiary/aromatic N) is 2. The van der Waals surface area contributed by atoms with Crippen LogP contribution in [0.5, 0.6) is 0 Å². The van der Waals surface area contributed by atoms with Crippen molar-refractivity contribution in [1.29, 1.82) is 0 Å². The number of carbonyl (C=O) groups excluding carboxylic acids is 3. The largest absolute Gasteiger partial charge is 0.444 e. The lowest BCUT2D eigenvalue weighted by molar-refractivity contribution is -0.143. The van der Waals surface area contributed by atoms with Crippen LogP contribution in [0.2, 0.25) is 0 Å². The smallest absolute Gasteiger partial charge is 0.407 e. The molecular weight excluding hydrogens is 404 g/mol. The molecule has 3 amide bonds. The van der Waals surface area contributed by atoms with Gasteiger partial charge in [0.15, 0.2) is 10.0 Å². The van der Waals surface area contributed by atoms with Crippen LogP contribution in [-0.2, 0) is 19.2 Å². The second kappa shape index (κ2) is 8.67. The number of benzene rings is 1. The highest BCUT2D eigenvalue weighted by atomic mass is 32.2. The molecule has 30 heavy (non-hydrogen) atoms. The highest BCUT2D eigenvalue weighted by Gasteiger charge is 2.51. The monoisotopic (exact) mass is 434 g/mol. The number of alkyl carbamates (subject to hydrolysis) is 1. The second-order valence-electron chi connectivity index (χ2n) is 9.06. The summed E-state index contributed by atoms with van der Waals surface area (Å²) < 4.78 is 5.36. The predicted octanol–water partition coefficient (Wildman–Crippen LogP) is 3.39. The molecule has 1 aromatic carbocycles. The summed E-state index contributed by atoms with van der Waals surface area (Å²) in [5, 5.41) is 11.5. The van der Waals surface area contributed by atoms with Crippen LogP contribution in [-0.4, -0.2) is 40.2 Å². The van der Waals surface area contributed by atoms with E-state index in [1.54, 1.807) is 41.5 Å². The van der Waals surface area contributed by atoms with Gasteiger partial charge in [-0.05, 0) is 38.1 Å². The summed E-state index contributed by atoms with van der Waals surface area (Å²) in [7, 11) is 0. The maximum absolute atomic E-state index is 13.3. The minimum atomic E-state index is -1.08. The minimum absolute atomic E-state index is 0.0327. The Morgan fingerprint density at radius 3 is 2.20 bits per heavy atom. The van der Waals surface area contributed by atoms with E-state index in [1.165, 1.54) is 23.7 Å². The molecule has 1 aromatic rings. The van der Waals surface area contributed by atoms with Gasteiger partial charge in [-0.3, -0.25) is 9.59 Å². The highest BCUT2D eigenvalue weighted by Crippen LogP contribution is 2.46. The van der Waals surface area contributed by atoms with Crippen molar-refractivity contribution in [3.63, 3.8) is 0 Å². The fourth-order valence-electron chi connectivity index (χ4n) is 2.72. The van der Waals surface area contributed by atoms with E-state index in [2.05, 4.69) is 15.7 Å². The molecule has 0 saturated carbocycles. The molecule has 0 saturated heterocycles. The van der Waals surface area contributed by atoms with Crippen LogP contribution in [0.4, 0.5) is 4.79 Å². The Kier molecular flexibility index (Phi) is 6.86. The van der Waals surface area contributed by atoms with E-state index in [0.29, 0.717) is 0 Å². The average molecular weight is 435 g/mol. The number of amidine groups is 1. The molecule has 0 aliphatic carbocycles. The molecule has 1 aliphatic rings. The number of ether oxygens (including phenoxy) is 1. The summed E-state index contributed by atoms with van der Waals surface area (Å²) >= 11 is 1.20. The van der Waals surface area contributed by atoms with Crippen LogP contribution in [0.15, 0.2) is 35.4 Å². The van der Waals surface area contributed by atoms with Crippen molar-refractivity contribution >= 4 is 34.8 Å². The third kappa shape index (κ3) is 5.75. The minimum Gasteiger partial charge on any atom is -0.444 e. The first kappa shape index (κ1) is 23.7. The third-order valence-electron chi connectivity index (χ3n) is 4.01. The maximum atomic E-state index is 13.3. The zero-order valence-electron chi connectivity index (χ0n) is 18.5. The molecule has 1 aliphatic heterocycles. The van der Waals surface area contributed by atoms with Gasteiger partial charge in [0.05, 0.1) is 6.54 Å². The topological polar surface area (TPSA) is 100 Å². The number of rotatable bonds is 3. The summed E-state index contributed by atoms with van der Waals surface area (Å²) in [6.07, 6.45) is -0.602.